The molecule has 0 radical (unpaired) electrons. The molecular weight excluding hydrogens is 190 g/mol. The van der Waals surface area contributed by atoms with Crippen molar-refractivity contribution in [2.75, 3.05) is 6.26 Å². The predicted molar refractivity (Wildman–Crippen MR) is 28.7 cm³/mol. The molecule has 0 saturated heterocycles. The molecule has 0 spiro atoms. The molecule has 0 N–H and O–H groups in total. The Bertz CT molecular complexity index is 242. The topological polar surface area (TPSA) is 74.3 Å². The van der Waals surface area contributed by atoms with Crippen LogP contribution in [0, 0.1) is 0 Å². The zero-order chi connectivity index (χ0) is 8.58. The molecule has 0 aromatic carbocycles. The van der Waals surface area contributed by atoms with E-state index in [0.717, 1.165) is 0 Å². The lowest BCUT2D eigenvalue weighted by molar-refractivity contribution is 0.177. The van der Waals surface area contributed by atoms with E-state index >= 15 is 0 Å². The lowest BCUT2D eigenvalue weighted by atomic mass is 11.6. The summed E-state index contributed by atoms with van der Waals surface area (Å²) in [6.07, 6.45) is 0.142. The molecule has 62 valence electrons. The molecule has 0 rings (SSSR count). The van der Waals surface area contributed by atoms with Gasteiger partial charge in [-0.3, -0.25) is 4.21 Å². The first kappa shape index (κ1) is 9.92. The molecule has 0 amide bonds. The third-order valence-corrected chi connectivity index (χ3v) is 3.19. The van der Waals surface area contributed by atoms with Gasteiger partial charge in [0.2, 0.25) is 9.84 Å². The molecule has 0 aliphatic rings. The van der Waals surface area contributed by atoms with E-state index in [1.54, 1.807) is 0 Å². The van der Waals surface area contributed by atoms with Crippen molar-refractivity contribution >= 4 is 20.9 Å². The minimum Gasteiger partial charge on any atom is -0.767 e. The Kier molecular flexibility index (Phi) is 2.49. The second kappa shape index (κ2) is 2.51. The molecular formula is C2H3F2O4S2-. The van der Waals surface area contributed by atoms with Crippen LogP contribution in [0.3, 0.4) is 0 Å². The average Bonchev–Trinajstić information content (AvgIpc) is 1.62. The molecule has 0 aliphatic heterocycles. The molecule has 0 fully saturated rings. The van der Waals surface area contributed by atoms with Gasteiger partial charge in [0.15, 0.2) is 0 Å². The fourth-order valence-corrected chi connectivity index (χ4v) is 1.11. The van der Waals surface area contributed by atoms with Crippen LogP contribution in [0.5, 0.6) is 0 Å². The second-order valence-electron chi connectivity index (χ2n) is 1.47. The van der Waals surface area contributed by atoms with Crippen molar-refractivity contribution in [3.8, 4) is 0 Å². The first-order valence-electron chi connectivity index (χ1n) is 1.86. The first-order chi connectivity index (χ1) is 4.19. The van der Waals surface area contributed by atoms with Crippen LogP contribution in [0.1, 0.15) is 0 Å². The maximum atomic E-state index is 11.9. The first-order valence-corrected chi connectivity index (χ1v) is 4.83. The maximum Gasteiger partial charge on any atom is 0.407 e. The van der Waals surface area contributed by atoms with Crippen LogP contribution in [-0.4, -0.2) is 28.0 Å². The van der Waals surface area contributed by atoms with E-state index in [4.69, 9.17) is 0 Å². The molecule has 10 heavy (non-hydrogen) atoms. The van der Waals surface area contributed by atoms with Crippen molar-refractivity contribution < 1.29 is 26.0 Å². The maximum absolute atomic E-state index is 11.9. The molecule has 0 aliphatic carbocycles. The number of alkyl halides is 2. The van der Waals surface area contributed by atoms with E-state index in [2.05, 4.69) is 0 Å². The normalized spacial score (nSPS) is 16.8. The standard InChI is InChI=1S/C2H4F2O4S2/c1-10(7,8)2(3,4)9(5)6/h1H3,(H,5,6)/p-1. The van der Waals surface area contributed by atoms with Crippen LogP contribution in [0.15, 0.2) is 0 Å². The number of hydrogen-bond donors (Lipinski definition) is 0. The van der Waals surface area contributed by atoms with Gasteiger partial charge in [-0.1, -0.05) is 0 Å². The Morgan fingerprint density at radius 2 is 1.80 bits per heavy atom. The third kappa shape index (κ3) is 1.70. The summed E-state index contributed by atoms with van der Waals surface area (Å²) in [6, 6.07) is 0. The molecule has 0 aromatic heterocycles. The van der Waals surface area contributed by atoms with E-state index in [1.807, 2.05) is 0 Å². The van der Waals surface area contributed by atoms with Crippen molar-refractivity contribution in [1.82, 2.24) is 0 Å². The summed E-state index contributed by atoms with van der Waals surface area (Å²) in [5, 5.41) is 0. The molecule has 0 heterocycles. The number of hydrogen-bond acceptors (Lipinski definition) is 4. The fraction of sp³-hybridized carbons (Fsp3) is 1.00. The van der Waals surface area contributed by atoms with Gasteiger partial charge in [-0.05, 0) is 0 Å². The van der Waals surface area contributed by atoms with Crippen LogP contribution in [0.25, 0.3) is 0 Å². The molecule has 0 aromatic rings. The number of rotatable bonds is 2. The third-order valence-electron chi connectivity index (χ3n) is 0.626. The minimum absolute atomic E-state index is 0.142. The van der Waals surface area contributed by atoms with Gasteiger partial charge in [0.1, 0.15) is 0 Å². The van der Waals surface area contributed by atoms with E-state index in [1.165, 1.54) is 0 Å². The summed E-state index contributed by atoms with van der Waals surface area (Å²) in [4.78, 5) is 0. The highest BCUT2D eigenvalue weighted by Crippen LogP contribution is 2.23. The summed E-state index contributed by atoms with van der Waals surface area (Å²) in [5.41, 5.74) is 0. The largest absolute Gasteiger partial charge is 0.767 e. The summed E-state index contributed by atoms with van der Waals surface area (Å²) in [5.74, 6) is 0. The van der Waals surface area contributed by atoms with Gasteiger partial charge < -0.3 is 4.55 Å². The fourth-order valence-electron chi connectivity index (χ4n) is 0.124. The predicted octanol–water partition coefficient (Wildman–Crippen LogP) is -0.540. The number of sulfone groups is 1. The molecule has 0 saturated carbocycles. The zero-order valence-electron chi connectivity index (χ0n) is 4.71. The number of halogens is 2. The summed E-state index contributed by atoms with van der Waals surface area (Å²) in [6.45, 7) is 0. The molecule has 1 unspecified atom stereocenters. The molecule has 8 heteroatoms. The molecule has 0 bridgehead atoms. The Balaban J connectivity index is 4.95. The van der Waals surface area contributed by atoms with Crippen LogP contribution < -0.4 is 0 Å². The van der Waals surface area contributed by atoms with Crippen molar-refractivity contribution in [3.05, 3.63) is 0 Å². The highest BCUT2D eigenvalue weighted by Gasteiger charge is 2.43. The summed E-state index contributed by atoms with van der Waals surface area (Å²) < 4.78 is 58.0. The summed E-state index contributed by atoms with van der Waals surface area (Å²) >= 11 is -3.92. The van der Waals surface area contributed by atoms with Gasteiger partial charge in [-0.2, -0.15) is 8.78 Å². The zero-order valence-corrected chi connectivity index (χ0v) is 6.34. The van der Waals surface area contributed by atoms with E-state index in [0.29, 0.717) is 0 Å². The van der Waals surface area contributed by atoms with Gasteiger partial charge in [0.05, 0.1) is 0 Å². The van der Waals surface area contributed by atoms with Crippen molar-refractivity contribution in [3.63, 3.8) is 0 Å². The Morgan fingerprint density at radius 1 is 1.50 bits per heavy atom. The van der Waals surface area contributed by atoms with Crippen molar-refractivity contribution in [2.24, 2.45) is 0 Å². The Labute approximate surface area is 58.4 Å². The van der Waals surface area contributed by atoms with E-state index in [9.17, 15) is 26.0 Å². The van der Waals surface area contributed by atoms with Crippen molar-refractivity contribution in [2.45, 2.75) is 4.59 Å². The lowest BCUT2D eigenvalue weighted by Crippen LogP contribution is -2.32. The van der Waals surface area contributed by atoms with Crippen LogP contribution in [0.2, 0.25) is 0 Å². The van der Waals surface area contributed by atoms with Crippen LogP contribution in [0.4, 0.5) is 8.78 Å². The average molecular weight is 193 g/mol. The smallest absolute Gasteiger partial charge is 0.407 e. The highest BCUT2D eigenvalue weighted by molar-refractivity contribution is 8.04. The van der Waals surface area contributed by atoms with Gasteiger partial charge in [0, 0.05) is 17.3 Å². The SMILES string of the molecule is CS(=O)(=O)C(F)(F)S(=O)[O-]. The van der Waals surface area contributed by atoms with E-state index < -0.39 is 25.5 Å². The highest BCUT2D eigenvalue weighted by atomic mass is 32.3. The van der Waals surface area contributed by atoms with Crippen LogP contribution in [-0.2, 0) is 20.9 Å². The van der Waals surface area contributed by atoms with Crippen LogP contribution >= 0.6 is 0 Å². The quantitative estimate of drug-likeness (QED) is 0.552. The molecule has 4 nitrogen and oxygen atoms in total. The van der Waals surface area contributed by atoms with Gasteiger partial charge in [0.25, 0.3) is 0 Å². The lowest BCUT2D eigenvalue weighted by Gasteiger charge is -2.15. The van der Waals surface area contributed by atoms with Crippen molar-refractivity contribution in [1.29, 1.82) is 0 Å². The Hall–Kier alpha value is -0.0800. The minimum atomic E-state index is -4.85. The van der Waals surface area contributed by atoms with E-state index in [-0.39, 0.29) is 6.26 Å². The molecule has 1 atom stereocenters. The second-order valence-corrected chi connectivity index (χ2v) is 4.77. The monoisotopic (exact) mass is 193 g/mol. The van der Waals surface area contributed by atoms with Gasteiger partial charge >= 0.3 is 4.59 Å². The van der Waals surface area contributed by atoms with Gasteiger partial charge in [-0.25, -0.2) is 8.42 Å². The summed E-state index contributed by atoms with van der Waals surface area (Å²) in [7, 11) is -4.85. The van der Waals surface area contributed by atoms with Gasteiger partial charge in [-0.15, -0.1) is 0 Å². The Morgan fingerprint density at radius 3 is 1.80 bits per heavy atom.